The number of hydrogen-bond acceptors (Lipinski definition) is 2. The Morgan fingerprint density at radius 2 is 1.69 bits per heavy atom. The number of rotatable bonds is 3. The number of hydrogen-bond donors (Lipinski definition) is 0. The fraction of sp³-hybridized carbons (Fsp3) is 0.636. The Balaban J connectivity index is 1.60. The summed E-state index contributed by atoms with van der Waals surface area (Å²) in [4.78, 5) is 29.0. The summed E-state index contributed by atoms with van der Waals surface area (Å²) >= 11 is 0. The van der Waals surface area contributed by atoms with Crippen molar-refractivity contribution in [1.29, 1.82) is 0 Å². The van der Waals surface area contributed by atoms with Gasteiger partial charge in [-0.25, -0.2) is 0 Å². The van der Waals surface area contributed by atoms with Gasteiger partial charge in [0.05, 0.1) is 6.42 Å². The van der Waals surface area contributed by atoms with Crippen molar-refractivity contribution in [2.45, 2.75) is 58.8 Å². The molecule has 3 rings (SSSR count). The SMILES string of the molecule is Cc1cc(C(C)(C)C)ccc1CC(=O)N1CCCN(C(=O)C2CC2)CC1. The maximum Gasteiger partial charge on any atom is 0.227 e. The predicted molar refractivity (Wildman–Crippen MR) is 104 cm³/mol. The Hall–Kier alpha value is -1.84. The molecular weight excluding hydrogens is 324 g/mol. The molecule has 1 aliphatic carbocycles. The number of carbonyl (C=O) groups excluding carboxylic acids is 2. The van der Waals surface area contributed by atoms with E-state index in [1.54, 1.807) is 0 Å². The Kier molecular flexibility index (Phi) is 5.40. The third-order valence-corrected chi connectivity index (χ3v) is 5.64. The quantitative estimate of drug-likeness (QED) is 0.834. The highest BCUT2D eigenvalue weighted by molar-refractivity contribution is 5.82. The maximum absolute atomic E-state index is 12.8. The number of benzene rings is 1. The lowest BCUT2D eigenvalue weighted by molar-refractivity contribution is -0.134. The van der Waals surface area contributed by atoms with Crippen LogP contribution in [0.5, 0.6) is 0 Å². The van der Waals surface area contributed by atoms with Crippen LogP contribution in [0, 0.1) is 12.8 Å². The van der Waals surface area contributed by atoms with E-state index in [1.165, 1.54) is 11.1 Å². The molecule has 1 saturated heterocycles. The fourth-order valence-corrected chi connectivity index (χ4v) is 3.61. The van der Waals surface area contributed by atoms with Crippen molar-refractivity contribution in [1.82, 2.24) is 9.80 Å². The first-order valence-corrected chi connectivity index (χ1v) is 9.92. The van der Waals surface area contributed by atoms with E-state index in [0.717, 1.165) is 37.9 Å². The van der Waals surface area contributed by atoms with Crippen molar-refractivity contribution in [2.24, 2.45) is 5.92 Å². The van der Waals surface area contributed by atoms with Crippen molar-refractivity contribution >= 4 is 11.8 Å². The van der Waals surface area contributed by atoms with Crippen molar-refractivity contribution in [3.05, 3.63) is 34.9 Å². The van der Waals surface area contributed by atoms with Gasteiger partial charge in [0.15, 0.2) is 0 Å². The van der Waals surface area contributed by atoms with Gasteiger partial charge in [-0.05, 0) is 48.3 Å². The zero-order valence-electron chi connectivity index (χ0n) is 16.7. The van der Waals surface area contributed by atoms with Crippen LogP contribution in [0.3, 0.4) is 0 Å². The van der Waals surface area contributed by atoms with Crippen LogP contribution in [-0.2, 0) is 21.4 Å². The molecule has 0 aromatic heterocycles. The topological polar surface area (TPSA) is 40.6 Å². The molecule has 4 nitrogen and oxygen atoms in total. The van der Waals surface area contributed by atoms with Gasteiger partial charge in [0.25, 0.3) is 0 Å². The molecule has 2 amide bonds. The lowest BCUT2D eigenvalue weighted by Crippen LogP contribution is -2.38. The van der Waals surface area contributed by atoms with Crippen LogP contribution in [0.15, 0.2) is 18.2 Å². The van der Waals surface area contributed by atoms with Gasteiger partial charge in [-0.2, -0.15) is 0 Å². The molecule has 0 N–H and O–H groups in total. The summed E-state index contributed by atoms with van der Waals surface area (Å²) in [5.41, 5.74) is 3.72. The second kappa shape index (κ2) is 7.42. The monoisotopic (exact) mass is 356 g/mol. The second-order valence-electron chi connectivity index (χ2n) is 8.90. The summed E-state index contributed by atoms with van der Waals surface area (Å²) < 4.78 is 0. The number of nitrogens with zero attached hydrogens (tertiary/aromatic N) is 2. The lowest BCUT2D eigenvalue weighted by Gasteiger charge is -2.23. The number of amides is 2. The molecule has 1 heterocycles. The fourth-order valence-electron chi connectivity index (χ4n) is 3.61. The smallest absolute Gasteiger partial charge is 0.227 e. The van der Waals surface area contributed by atoms with E-state index < -0.39 is 0 Å². The molecule has 0 unspecified atom stereocenters. The van der Waals surface area contributed by atoms with E-state index in [1.807, 2.05) is 9.80 Å². The lowest BCUT2D eigenvalue weighted by atomic mass is 9.85. The molecule has 2 fully saturated rings. The third kappa shape index (κ3) is 4.46. The zero-order chi connectivity index (χ0) is 18.9. The van der Waals surface area contributed by atoms with E-state index in [0.29, 0.717) is 25.4 Å². The van der Waals surface area contributed by atoms with E-state index in [-0.39, 0.29) is 17.2 Å². The summed E-state index contributed by atoms with van der Waals surface area (Å²) in [5, 5.41) is 0. The van der Waals surface area contributed by atoms with Crippen LogP contribution >= 0.6 is 0 Å². The van der Waals surface area contributed by atoms with E-state index >= 15 is 0 Å². The molecule has 1 saturated carbocycles. The van der Waals surface area contributed by atoms with Crippen molar-refractivity contribution in [3.8, 4) is 0 Å². The molecule has 0 spiro atoms. The minimum Gasteiger partial charge on any atom is -0.341 e. The molecule has 2 aliphatic rings. The molecule has 1 aromatic carbocycles. The molecule has 26 heavy (non-hydrogen) atoms. The van der Waals surface area contributed by atoms with Crippen LogP contribution in [0.1, 0.15) is 56.7 Å². The molecule has 0 atom stereocenters. The first-order valence-electron chi connectivity index (χ1n) is 9.92. The minimum atomic E-state index is 0.121. The van der Waals surface area contributed by atoms with Gasteiger partial charge in [-0.3, -0.25) is 9.59 Å². The molecule has 0 bridgehead atoms. The normalized spacial score (nSPS) is 18.6. The van der Waals surface area contributed by atoms with E-state index in [9.17, 15) is 9.59 Å². The summed E-state index contributed by atoms with van der Waals surface area (Å²) in [5.74, 6) is 0.742. The first-order chi connectivity index (χ1) is 12.3. The van der Waals surface area contributed by atoms with Gasteiger partial charge in [0.2, 0.25) is 11.8 Å². The highest BCUT2D eigenvalue weighted by Gasteiger charge is 2.34. The van der Waals surface area contributed by atoms with Crippen LogP contribution in [0.4, 0.5) is 0 Å². The van der Waals surface area contributed by atoms with E-state index in [4.69, 9.17) is 0 Å². The average Bonchev–Trinajstić information content (AvgIpc) is 3.41. The van der Waals surface area contributed by atoms with Gasteiger partial charge in [0.1, 0.15) is 0 Å². The van der Waals surface area contributed by atoms with Crippen molar-refractivity contribution in [3.63, 3.8) is 0 Å². The van der Waals surface area contributed by atoms with Crippen molar-refractivity contribution in [2.75, 3.05) is 26.2 Å². The Morgan fingerprint density at radius 1 is 1.04 bits per heavy atom. The summed E-state index contributed by atoms with van der Waals surface area (Å²) in [6.07, 6.45) is 3.42. The molecule has 142 valence electrons. The molecular formula is C22H32N2O2. The van der Waals surface area contributed by atoms with Crippen LogP contribution in [0.2, 0.25) is 0 Å². The molecule has 1 aromatic rings. The summed E-state index contributed by atoms with van der Waals surface area (Å²) in [6, 6.07) is 6.46. The highest BCUT2D eigenvalue weighted by atomic mass is 16.2. The zero-order valence-corrected chi connectivity index (χ0v) is 16.7. The van der Waals surface area contributed by atoms with Gasteiger partial charge in [0, 0.05) is 32.1 Å². The number of aryl methyl sites for hydroxylation is 1. The molecule has 1 aliphatic heterocycles. The predicted octanol–water partition coefficient (Wildman–Crippen LogP) is 3.31. The third-order valence-electron chi connectivity index (χ3n) is 5.64. The standard InChI is InChI=1S/C22H32N2O2/c1-16-14-19(22(2,3)4)9-8-18(16)15-20(25)23-10-5-11-24(13-12-23)21(26)17-6-7-17/h8-9,14,17H,5-7,10-13,15H2,1-4H3. The largest absolute Gasteiger partial charge is 0.341 e. The van der Waals surface area contributed by atoms with Gasteiger partial charge < -0.3 is 9.80 Å². The Bertz CT molecular complexity index is 686. The Labute approximate surface area is 157 Å². The van der Waals surface area contributed by atoms with Gasteiger partial charge in [-0.15, -0.1) is 0 Å². The van der Waals surface area contributed by atoms with Gasteiger partial charge in [-0.1, -0.05) is 39.0 Å². The minimum absolute atomic E-state index is 0.121. The highest BCUT2D eigenvalue weighted by Crippen LogP contribution is 2.31. The van der Waals surface area contributed by atoms with E-state index in [2.05, 4.69) is 45.9 Å². The van der Waals surface area contributed by atoms with Crippen LogP contribution in [-0.4, -0.2) is 47.8 Å². The molecule has 0 radical (unpaired) electrons. The van der Waals surface area contributed by atoms with Crippen LogP contribution in [0.25, 0.3) is 0 Å². The van der Waals surface area contributed by atoms with Crippen molar-refractivity contribution < 1.29 is 9.59 Å². The van der Waals surface area contributed by atoms with Crippen LogP contribution < -0.4 is 0 Å². The number of carbonyl (C=O) groups is 2. The summed E-state index contributed by atoms with van der Waals surface area (Å²) in [6.45, 7) is 11.6. The van der Waals surface area contributed by atoms with Gasteiger partial charge >= 0.3 is 0 Å². The first kappa shape index (κ1) is 18.9. The Morgan fingerprint density at radius 3 is 2.31 bits per heavy atom. The summed E-state index contributed by atoms with van der Waals surface area (Å²) in [7, 11) is 0. The molecule has 4 heteroatoms. The second-order valence-corrected chi connectivity index (χ2v) is 8.90. The average molecular weight is 357 g/mol. The maximum atomic E-state index is 12.8.